The summed E-state index contributed by atoms with van der Waals surface area (Å²) < 4.78 is 29.1. The lowest BCUT2D eigenvalue weighted by molar-refractivity contribution is 0.0290. The van der Waals surface area contributed by atoms with E-state index in [4.69, 9.17) is 13.9 Å². The lowest BCUT2D eigenvalue weighted by Gasteiger charge is -2.12. The zero-order valence-electron chi connectivity index (χ0n) is 14.5. The molecule has 0 saturated heterocycles. The Morgan fingerprint density at radius 2 is 1.81 bits per heavy atom. The van der Waals surface area contributed by atoms with Crippen LogP contribution in [0.3, 0.4) is 0 Å². The Hall–Kier alpha value is -3.15. The molecule has 1 unspecified atom stereocenters. The number of rotatable bonds is 5. The normalized spacial score (nSPS) is 12.0. The van der Waals surface area contributed by atoms with Gasteiger partial charge in [0, 0.05) is 16.5 Å². The highest BCUT2D eigenvalue weighted by molar-refractivity contribution is 6.02. The Balaban J connectivity index is 1.78. The Bertz CT molecular complexity index is 972. The van der Waals surface area contributed by atoms with Crippen LogP contribution < -0.4 is 4.74 Å². The van der Waals surface area contributed by atoms with E-state index in [0.717, 1.165) is 0 Å². The molecule has 1 atom stereocenters. The van der Waals surface area contributed by atoms with Crippen LogP contribution in [0.5, 0.6) is 5.75 Å². The first-order chi connectivity index (χ1) is 12.4. The number of methoxy groups -OCH3 is 1. The number of hydrogen-bond acceptors (Lipinski definition) is 5. The molecule has 134 valence electrons. The molecule has 26 heavy (non-hydrogen) atoms. The standard InChI is InChI=1S/C20H17FO5/c1-11-16-10-14(21)6-9-17(16)26-19(11)20(23)25-12(2)18(22)13-4-7-15(24-3)8-5-13/h4-10,12H,1-3H3. The molecule has 0 aliphatic rings. The molecule has 0 aliphatic carbocycles. The van der Waals surface area contributed by atoms with Gasteiger partial charge in [-0.2, -0.15) is 0 Å². The molecule has 0 amide bonds. The van der Waals surface area contributed by atoms with Gasteiger partial charge >= 0.3 is 5.97 Å². The summed E-state index contributed by atoms with van der Waals surface area (Å²) in [6, 6.07) is 10.5. The van der Waals surface area contributed by atoms with Crippen molar-refractivity contribution in [2.24, 2.45) is 0 Å². The summed E-state index contributed by atoms with van der Waals surface area (Å²) in [4.78, 5) is 24.8. The van der Waals surface area contributed by atoms with Gasteiger partial charge in [-0.3, -0.25) is 4.79 Å². The van der Waals surface area contributed by atoms with Crippen molar-refractivity contribution in [1.82, 2.24) is 0 Å². The second-order valence-electron chi connectivity index (χ2n) is 5.84. The quantitative estimate of drug-likeness (QED) is 0.503. The van der Waals surface area contributed by atoms with Crippen LogP contribution >= 0.6 is 0 Å². The molecule has 0 N–H and O–H groups in total. The molecule has 1 aromatic heterocycles. The van der Waals surface area contributed by atoms with Gasteiger partial charge in [-0.15, -0.1) is 0 Å². The largest absolute Gasteiger partial charge is 0.497 e. The van der Waals surface area contributed by atoms with Crippen molar-refractivity contribution in [3.63, 3.8) is 0 Å². The Morgan fingerprint density at radius 1 is 1.12 bits per heavy atom. The number of halogens is 1. The predicted molar refractivity (Wildman–Crippen MR) is 93.1 cm³/mol. The van der Waals surface area contributed by atoms with Gasteiger partial charge in [0.1, 0.15) is 17.1 Å². The number of carbonyl (C=O) groups is 2. The first-order valence-corrected chi connectivity index (χ1v) is 7.98. The first kappa shape index (κ1) is 17.7. The van der Waals surface area contributed by atoms with Crippen LogP contribution in [0.15, 0.2) is 46.9 Å². The zero-order chi connectivity index (χ0) is 18.8. The van der Waals surface area contributed by atoms with Crippen LogP contribution in [-0.2, 0) is 4.74 Å². The number of aryl methyl sites for hydroxylation is 1. The summed E-state index contributed by atoms with van der Waals surface area (Å²) in [5.41, 5.74) is 1.24. The van der Waals surface area contributed by atoms with Gasteiger partial charge in [0.25, 0.3) is 0 Å². The van der Waals surface area contributed by atoms with Crippen molar-refractivity contribution in [3.05, 3.63) is 65.2 Å². The fourth-order valence-corrected chi connectivity index (χ4v) is 2.65. The third-order valence-corrected chi connectivity index (χ3v) is 4.11. The Labute approximate surface area is 149 Å². The molecule has 0 saturated carbocycles. The molecule has 0 fully saturated rings. The fraction of sp³-hybridized carbons (Fsp3) is 0.200. The molecule has 2 aromatic carbocycles. The number of fused-ring (bicyclic) bond motifs is 1. The van der Waals surface area contributed by atoms with E-state index in [9.17, 15) is 14.0 Å². The van der Waals surface area contributed by atoms with Crippen LogP contribution in [0.1, 0.15) is 33.4 Å². The summed E-state index contributed by atoms with van der Waals surface area (Å²) in [7, 11) is 1.53. The van der Waals surface area contributed by atoms with Crippen LogP contribution in [0.4, 0.5) is 4.39 Å². The topological polar surface area (TPSA) is 65.7 Å². The van der Waals surface area contributed by atoms with Crippen molar-refractivity contribution in [2.75, 3.05) is 7.11 Å². The van der Waals surface area contributed by atoms with Gasteiger partial charge in [-0.05, 0) is 56.3 Å². The van der Waals surface area contributed by atoms with E-state index in [0.29, 0.717) is 27.8 Å². The predicted octanol–water partition coefficient (Wildman–Crippen LogP) is 4.32. The second-order valence-corrected chi connectivity index (χ2v) is 5.84. The number of hydrogen-bond donors (Lipinski definition) is 0. The summed E-state index contributed by atoms with van der Waals surface area (Å²) in [5, 5.41) is 0.492. The zero-order valence-corrected chi connectivity index (χ0v) is 14.5. The number of ketones is 1. The van der Waals surface area contributed by atoms with Crippen molar-refractivity contribution in [3.8, 4) is 5.75 Å². The number of Topliss-reactive ketones (excluding diaryl/α,β-unsaturated/α-hetero) is 1. The summed E-state index contributed by atoms with van der Waals surface area (Å²) in [5.74, 6) is -0.963. The smallest absolute Gasteiger partial charge is 0.375 e. The van der Waals surface area contributed by atoms with E-state index >= 15 is 0 Å². The fourth-order valence-electron chi connectivity index (χ4n) is 2.65. The summed E-state index contributed by atoms with van der Waals surface area (Å²) in [6.07, 6.45) is -1.000. The van der Waals surface area contributed by atoms with Gasteiger partial charge < -0.3 is 13.9 Å². The average Bonchev–Trinajstić information content (AvgIpc) is 2.97. The van der Waals surface area contributed by atoms with Crippen molar-refractivity contribution < 1.29 is 27.9 Å². The monoisotopic (exact) mass is 356 g/mol. The molecule has 0 aliphatic heterocycles. The lowest BCUT2D eigenvalue weighted by atomic mass is 10.1. The number of furan rings is 1. The van der Waals surface area contributed by atoms with Gasteiger partial charge in [0.15, 0.2) is 6.10 Å². The van der Waals surface area contributed by atoms with E-state index in [-0.39, 0.29) is 11.5 Å². The van der Waals surface area contributed by atoms with Gasteiger partial charge in [-0.25, -0.2) is 9.18 Å². The van der Waals surface area contributed by atoms with E-state index in [1.54, 1.807) is 31.2 Å². The molecular formula is C20H17FO5. The highest BCUT2D eigenvalue weighted by Gasteiger charge is 2.25. The summed E-state index contributed by atoms with van der Waals surface area (Å²) >= 11 is 0. The molecule has 3 aromatic rings. The second kappa shape index (κ2) is 7.00. The molecule has 0 bridgehead atoms. The molecule has 0 radical (unpaired) electrons. The maximum atomic E-state index is 13.4. The van der Waals surface area contributed by atoms with Gasteiger partial charge in [0.05, 0.1) is 7.11 Å². The van der Waals surface area contributed by atoms with Crippen LogP contribution in [0.2, 0.25) is 0 Å². The molecule has 5 nitrogen and oxygen atoms in total. The number of esters is 1. The van der Waals surface area contributed by atoms with Crippen LogP contribution in [0.25, 0.3) is 11.0 Å². The third kappa shape index (κ3) is 3.31. The van der Waals surface area contributed by atoms with Gasteiger partial charge in [0.2, 0.25) is 11.5 Å². The molecule has 6 heteroatoms. The van der Waals surface area contributed by atoms with Crippen LogP contribution in [-0.4, -0.2) is 25.0 Å². The van der Waals surface area contributed by atoms with Crippen molar-refractivity contribution in [2.45, 2.75) is 20.0 Å². The number of ether oxygens (including phenoxy) is 2. The number of benzene rings is 2. The van der Waals surface area contributed by atoms with E-state index in [1.807, 2.05) is 0 Å². The molecule has 3 rings (SSSR count). The van der Waals surface area contributed by atoms with E-state index in [1.165, 1.54) is 32.2 Å². The Morgan fingerprint density at radius 3 is 2.46 bits per heavy atom. The highest BCUT2D eigenvalue weighted by atomic mass is 19.1. The molecular weight excluding hydrogens is 339 g/mol. The highest BCUT2D eigenvalue weighted by Crippen LogP contribution is 2.27. The van der Waals surface area contributed by atoms with E-state index < -0.39 is 17.9 Å². The van der Waals surface area contributed by atoms with Crippen molar-refractivity contribution >= 4 is 22.7 Å². The molecule has 0 spiro atoms. The minimum Gasteiger partial charge on any atom is -0.497 e. The maximum Gasteiger partial charge on any atom is 0.375 e. The van der Waals surface area contributed by atoms with Crippen molar-refractivity contribution in [1.29, 1.82) is 0 Å². The van der Waals surface area contributed by atoms with Crippen LogP contribution in [0, 0.1) is 12.7 Å². The number of carbonyl (C=O) groups excluding carboxylic acids is 2. The SMILES string of the molecule is COc1ccc(C(=O)C(C)OC(=O)c2oc3ccc(F)cc3c2C)cc1. The minimum atomic E-state index is -1.000. The van der Waals surface area contributed by atoms with E-state index in [2.05, 4.69) is 0 Å². The lowest BCUT2D eigenvalue weighted by Crippen LogP contribution is -2.24. The minimum absolute atomic E-state index is 0.0417. The Kier molecular flexibility index (Phi) is 4.75. The van der Waals surface area contributed by atoms with Gasteiger partial charge in [-0.1, -0.05) is 0 Å². The molecule has 1 heterocycles. The average molecular weight is 356 g/mol. The summed E-state index contributed by atoms with van der Waals surface area (Å²) in [6.45, 7) is 3.12. The third-order valence-electron chi connectivity index (χ3n) is 4.11. The first-order valence-electron chi connectivity index (χ1n) is 7.98. The maximum absolute atomic E-state index is 13.4.